The minimum atomic E-state index is 1.06. The van der Waals surface area contributed by atoms with Gasteiger partial charge in [0.15, 0.2) is 0 Å². The maximum absolute atomic E-state index is 4.56. The number of anilines is 1. The van der Waals surface area contributed by atoms with Crippen molar-refractivity contribution in [3.8, 4) is 0 Å². The summed E-state index contributed by atoms with van der Waals surface area (Å²) < 4.78 is 2.27. The summed E-state index contributed by atoms with van der Waals surface area (Å²) >= 11 is 0. The molecule has 0 bridgehead atoms. The van der Waals surface area contributed by atoms with E-state index in [4.69, 9.17) is 0 Å². The Labute approximate surface area is 90.3 Å². The molecule has 3 heteroatoms. The molecule has 0 radical (unpaired) electrons. The third-order valence-corrected chi connectivity index (χ3v) is 2.63. The van der Waals surface area contributed by atoms with E-state index >= 15 is 0 Å². The first kappa shape index (κ1) is 10.0. The fraction of sp³-hybridized carbons (Fsp3) is 0.417. The average molecular weight is 203 g/mol. The van der Waals surface area contributed by atoms with E-state index < -0.39 is 0 Å². The van der Waals surface area contributed by atoms with Crippen LogP contribution in [-0.4, -0.2) is 23.1 Å². The summed E-state index contributed by atoms with van der Waals surface area (Å²) in [4.78, 5) is 6.76. The zero-order chi connectivity index (χ0) is 10.8. The molecule has 0 N–H and O–H groups in total. The van der Waals surface area contributed by atoms with Gasteiger partial charge in [0, 0.05) is 20.1 Å². The summed E-state index contributed by atoms with van der Waals surface area (Å²) in [5.74, 6) is 1.10. The molecule has 2 heterocycles. The Morgan fingerprint density at radius 2 is 1.87 bits per heavy atom. The van der Waals surface area contributed by atoms with E-state index in [2.05, 4.69) is 39.7 Å². The van der Waals surface area contributed by atoms with Crippen LogP contribution in [0.2, 0.25) is 0 Å². The summed E-state index contributed by atoms with van der Waals surface area (Å²) in [5, 5.41) is 0. The molecule has 0 unspecified atom stereocenters. The lowest BCUT2D eigenvalue weighted by Gasteiger charge is -2.04. The van der Waals surface area contributed by atoms with Crippen molar-refractivity contribution in [2.24, 2.45) is 0 Å². The lowest BCUT2D eigenvalue weighted by molar-refractivity contribution is 0.818. The molecule has 0 saturated heterocycles. The number of rotatable bonds is 0. The maximum atomic E-state index is 4.56. The van der Waals surface area contributed by atoms with Crippen LogP contribution in [0.3, 0.4) is 0 Å². The average Bonchev–Trinajstić information content (AvgIpc) is 2.82. The first-order valence-electron chi connectivity index (χ1n) is 5.53. The summed E-state index contributed by atoms with van der Waals surface area (Å²) in [6.45, 7) is 6.14. The molecule has 1 aromatic carbocycles. The molecule has 15 heavy (non-hydrogen) atoms. The van der Waals surface area contributed by atoms with Crippen LogP contribution in [0, 0.1) is 0 Å². The number of aromatic nitrogens is 2. The van der Waals surface area contributed by atoms with Gasteiger partial charge in [0.25, 0.3) is 0 Å². The van der Waals surface area contributed by atoms with Crippen LogP contribution in [0.5, 0.6) is 0 Å². The third-order valence-electron chi connectivity index (χ3n) is 2.63. The van der Waals surface area contributed by atoms with E-state index in [0.717, 1.165) is 24.6 Å². The molecule has 3 nitrogen and oxygen atoms in total. The van der Waals surface area contributed by atoms with Crippen molar-refractivity contribution in [2.45, 2.75) is 20.4 Å². The number of para-hydroxylation sites is 2. The minimum absolute atomic E-state index is 1.06. The summed E-state index contributed by atoms with van der Waals surface area (Å²) in [6, 6.07) is 8.29. The number of imidazole rings is 1. The van der Waals surface area contributed by atoms with Crippen LogP contribution in [-0.2, 0) is 6.54 Å². The Morgan fingerprint density at radius 3 is 2.67 bits per heavy atom. The van der Waals surface area contributed by atoms with E-state index in [1.165, 1.54) is 5.52 Å². The topological polar surface area (TPSA) is 21.1 Å². The van der Waals surface area contributed by atoms with Crippen molar-refractivity contribution < 1.29 is 0 Å². The van der Waals surface area contributed by atoms with E-state index in [1.807, 2.05) is 19.9 Å². The highest BCUT2D eigenvalue weighted by Crippen LogP contribution is 2.25. The quantitative estimate of drug-likeness (QED) is 0.656. The van der Waals surface area contributed by atoms with E-state index in [1.54, 1.807) is 0 Å². The van der Waals surface area contributed by atoms with Crippen molar-refractivity contribution in [3.05, 3.63) is 24.3 Å². The Kier molecular flexibility index (Phi) is 2.62. The van der Waals surface area contributed by atoms with Gasteiger partial charge in [-0.2, -0.15) is 0 Å². The van der Waals surface area contributed by atoms with Crippen LogP contribution in [0.1, 0.15) is 13.8 Å². The number of benzene rings is 1. The number of fused-ring (bicyclic) bond motifs is 3. The zero-order valence-corrected chi connectivity index (χ0v) is 9.57. The molecule has 0 amide bonds. The second-order valence-electron chi connectivity index (χ2n) is 3.47. The van der Waals surface area contributed by atoms with Crippen molar-refractivity contribution in [1.29, 1.82) is 0 Å². The van der Waals surface area contributed by atoms with Gasteiger partial charge in [-0.1, -0.05) is 26.0 Å². The van der Waals surface area contributed by atoms with Crippen LogP contribution in [0.25, 0.3) is 11.0 Å². The van der Waals surface area contributed by atoms with Crippen LogP contribution < -0.4 is 4.90 Å². The number of nitrogens with zero attached hydrogens (tertiary/aromatic N) is 3. The smallest absolute Gasteiger partial charge is 0.206 e. The van der Waals surface area contributed by atoms with E-state index in [9.17, 15) is 0 Å². The normalized spacial score (nSPS) is 13.7. The van der Waals surface area contributed by atoms with Gasteiger partial charge in [-0.05, 0) is 12.1 Å². The lowest BCUT2D eigenvalue weighted by Crippen LogP contribution is -2.13. The highest BCUT2D eigenvalue weighted by atomic mass is 15.3. The lowest BCUT2D eigenvalue weighted by atomic mass is 10.3. The predicted octanol–water partition coefficient (Wildman–Crippen LogP) is 2.51. The second-order valence-corrected chi connectivity index (χ2v) is 3.47. The van der Waals surface area contributed by atoms with Gasteiger partial charge in [0.05, 0.1) is 11.0 Å². The summed E-state index contributed by atoms with van der Waals surface area (Å²) in [7, 11) is 2.09. The standard InChI is InChI=1S/C10H11N3.C2H6/c1-12-6-7-13-9-5-3-2-4-8(9)11-10(12)13;1-2/h2-5H,6-7H2,1H3;1-2H3. The highest BCUT2D eigenvalue weighted by Gasteiger charge is 2.19. The van der Waals surface area contributed by atoms with Crippen LogP contribution in [0.4, 0.5) is 5.95 Å². The molecule has 1 aliphatic rings. The second kappa shape index (κ2) is 3.93. The Hall–Kier alpha value is -1.51. The van der Waals surface area contributed by atoms with Gasteiger partial charge in [-0.15, -0.1) is 0 Å². The van der Waals surface area contributed by atoms with Gasteiger partial charge in [0.2, 0.25) is 5.95 Å². The van der Waals surface area contributed by atoms with Gasteiger partial charge in [-0.25, -0.2) is 4.98 Å². The summed E-state index contributed by atoms with van der Waals surface area (Å²) in [5.41, 5.74) is 2.35. The maximum Gasteiger partial charge on any atom is 0.206 e. The molecular formula is C12H17N3. The minimum Gasteiger partial charge on any atom is -0.343 e. The Balaban J connectivity index is 0.000000404. The molecule has 1 aromatic heterocycles. The van der Waals surface area contributed by atoms with Crippen LogP contribution in [0.15, 0.2) is 24.3 Å². The fourth-order valence-corrected chi connectivity index (χ4v) is 1.92. The van der Waals surface area contributed by atoms with Gasteiger partial charge in [-0.3, -0.25) is 0 Å². The number of hydrogen-bond acceptors (Lipinski definition) is 2. The van der Waals surface area contributed by atoms with Crippen molar-refractivity contribution in [1.82, 2.24) is 9.55 Å². The van der Waals surface area contributed by atoms with E-state index in [-0.39, 0.29) is 0 Å². The fourth-order valence-electron chi connectivity index (χ4n) is 1.92. The van der Waals surface area contributed by atoms with Crippen molar-refractivity contribution in [3.63, 3.8) is 0 Å². The predicted molar refractivity (Wildman–Crippen MR) is 64.4 cm³/mol. The molecule has 0 atom stereocenters. The molecular weight excluding hydrogens is 186 g/mol. The van der Waals surface area contributed by atoms with Gasteiger partial charge in [0.1, 0.15) is 0 Å². The molecule has 0 fully saturated rings. The highest BCUT2D eigenvalue weighted by molar-refractivity contribution is 5.79. The first-order chi connectivity index (χ1) is 7.36. The molecule has 80 valence electrons. The van der Waals surface area contributed by atoms with Crippen LogP contribution >= 0.6 is 0 Å². The van der Waals surface area contributed by atoms with Crippen molar-refractivity contribution >= 4 is 17.0 Å². The molecule has 0 saturated carbocycles. The summed E-state index contributed by atoms with van der Waals surface area (Å²) in [6.07, 6.45) is 0. The van der Waals surface area contributed by atoms with E-state index in [0.29, 0.717) is 0 Å². The molecule has 0 spiro atoms. The molecule has 1 aliphatic heterocycles. The Morgan fingerprint density at radius 1 is 1.13 bits per heavy atom. The molecule has 3 rings (SSSR count). The first-order valence-corrected chi connectivity index (χ1v) is 5.53. The number of hydrogen-bond donors (Lipinski definition) is 0. The third kappa shape index (κ3) is 1.48. The zero-order valence-electron chi connectivity index (χ0n) is 9.57. The Bertz CT molecular complexity index is 459. The van der Waals surface area contributed by atoms with Gasteiger partial charge < -0.3 is 9.47 Å². The largest absolute Gasteiger partial charge is 0.343 e. The molecule has 2 aromatic rings. The number of likely N-dealkylation sites (N-methyl/N-ethyl adjacent to an activating group) is 1. The molecule has 0 aliphatic carbocycles. The van der Waals surface area contributed by atoms with Crippen molar-refractivity contribution in [2.75, 3.05) is 18.5 Å². The SMILES string of the molecule is CC.CN1CCn2c1nc1ccccc12. The van der Waals surface area contributed by atoms with Gasteiger partial charge >= 0.3 is 0 Å². The monoisotopic (exact) mass is 203 g/mol.